The average molecular weight is 265 g/mol. The highest BCUT2D eigenvalue weighted by Crippen LogP contribution is 2.22. The number of aromatic nitrogens is 2. The zero-order valence-electron chi connectivity index (χ0n) is 9.93. The van der Waals surface area contributed by atoms with Gasteiger partial charge in [0.2, 0.25) is 0 Å². The van der Waals surface area contributed by atoms with E-state index in [4.69, 9.17) is 5.73 Å². The normalized spacial score (nSPS) is 10.7. The van der Waals surface area contributed by atoms with Gasteiger partial charge < -0.3 is 5.73 Å². The molecule has 0 bridgehead atoms. The summed E-state index contributed by atoms with van der Waals surface area (Å²) in [6.45, 7) is 4.26. The van der Waals surface area contributed by atoms with E-state index in [0.29, 0.717) is 0 Å². The number of nitrogens with zero attached hydrogens (tertiary/aromatic N) is 2. The van der Waals surface area contributed by atoms with Crippen LogP contribution < -0.4 is 5.73 Å². The molecule has 1 aromatic carbocycles. The van der Waals surface area contributed by atoms with Gasteiger partial charge >= 0.3 is 0 Å². The van der Waals surface area contributed by atoms with Crippen molar-refractivity contribution in [3.8, 4) is 0 Å². The summed E-state index contributed by atoms with van der Waals surface area (Å²) < 4.78 is 3.83. The second kappa shape index (κ2) is 5.51. The van der Waals surface area contributed by atoms with E-state index in [0.717, 1.165) is 22.2 Å². The van der Waals surface area contributed by atoms with Gasteiger partial charge in [-0.2, -0.15) is 11.8 Å². The number of nitrogens with two attached hydrogens (primary N) is 1. The Bertz CT molecular complexity index is 488. The minimum Gasteiger partial charge on any atom is -0.388 e. The van der Waals surface area contributed by atoms with Gasteiger partial charge in [-0.05, 0) is 19.4 Å². The maximum atomic E-state index is 5.75. The lowest BCUT2D eigenvalue weighted by Gasteiger charge is -2.04. The summed E-state index contributed by atoms with van der Waals surface area (Å²) in [6.07, 6.45) is 0. The molecule has 0 spiro atoms. The van der Waals surface area contributed by atoms with Crippen LogP contribution in [-0.2, 0) is 11.5 Å². The maximum Gasteiger partial charge on any atom is 0.131 e. The van der Waals surface area contributed by atoms with Gasteiger partial charge in [-0.1, -0.05) is 33.8 Å². The summed E-state index contributed by atoms with van der Waals surface area (Å²) >= 11 is 3.08. The van der Waals surface area contributed by atoms with Crippen LogP contribution in [0, 0.1) is 13.8 Å². The molecule has 1 heterocycles. The third kappa shape index (κ3) is 3.44. The highest BCUT2D eigenvalue weighted by molar-refractivity contribution is 7.97. The molecule has 0 amide bonds. The van der Waals surface area contributed by atoms with Crippen LogP contribution >= 0.6 is 23.3 Å². The van der Waals surface area contributed by atoms with E-state index >= 15 is 0 Å². The molecule has 1 aromatic heterocycles. The smallest absolute Gasteiger partial charge is 0.131 e. The van der Waals surface area contributed by atoms with Crippen molar-refractivity contribution in [2.75, 3.05) is 5.73 Å². The monoisotopic (exact) mass is 265 g/mol. The van der Waals surface area contributed by atoms with Crippen LogP contribution in [0.2, 0.25) is 0 Å². The van der Waals surface area contributed by atoms with Crippen LogP contribution in [0.1, 0.15) is 22.4 Å². The fourth-order valence-corrected chi connectivity index (χ4v) is 3.18. The average Bonchev–Trinajstić information content (AvgIpc) is 2.63. The predicted octanol–water partition coefficient (Wildman–Crippen LogP) is 3.17. The van der Waals surface area contributed by atoms with Crippen molar-refractivity contribution in [1.29, 1.82) is 0 Å². The Morgan fingerprint density at radius 3 is 2.47 bits per heavy atom. The molecular formula is C12H15N3S2. The van der Waals surface area contributed by atoms with E-state index in [2.05, 4.69) is 41.6 Å². The summed E-state index contributed by atoms with van der Waals surface area (Å²) in [7, 11) is 0. The first-order valence-corrected chi connectivity index (χ1v) is 7.29. The van der Waals surface area contributed by atoms with Gasteiger partial charge in [0.15, 0.2) is 0 Å². The van der Waals surface area contributed by atoms with Crippen LogP contribution in [0.5, 0.6) is 0 Å². The molecule has 0 saturated carbocycles. The molecule has 0 aliphatic rings. The highest BCUT2D eigenvalue weighted by atomic mass is 32.2. The molecule has 3 nitrogen and oxygen atoms in total. The summed E-state index contributed by atoms with van der Waals surface area (Å²) in [5, 5.41) is 4.74. The lowest BCUT2D eigenvalue weighted by atomic mass is 10.1. The molecule has 90 valence electrons. The maximum absolute atomic E-state index is 5.75. The quantitative estimate of drug-likeness (QED) is 0.922. The van der Waals surface area contributed by atoms with Gasteiger partial charge in [0.05, 0.1) is 0 Å². The van der Waals surface area contributed by atoms with Crippen molar-refractivity contribution in [2.24, 2.45) is 0 Å². The number of rotatable bonds is 4. The van der Waals surface area contributed by atoms with E-state index < -0.39 is 0 Å². The van der Waals surface area contributed by atoms with Crippen LogP contribution in [0.25, 0.3) is 0 Å². The molecule has 2 rings (SSSR count). The molecule has 0 aliphatic heterocycles. The van der Waals surface area contributed by atoms with Crippen molar-refractivity contribution < 1.29 is 0 Å². The first kappa shape index (κ1) is 12.4. The van der Waals surface area contributed by atoms with E-state index in [1.165, 1.54) is 28.2 Å². The third-order valence-electron chi connectivity index (χ3n) is 2.37. The first-order valence-electron chi connectivity index (χ1n) is 5.37. The zero-order valence-corrected chi connectivity index (χ0v) is 11.6. The van der Waals surface area contributed by atoms with Gasteiger partial charge in [-0.3, -0.25) is 0 Å². The van der Waals surface area contributed by atoms with Gasteiger partial charge in [0, 0.05) is 23.0 Å². The Labute approximate surface area is 110 Å². The van der Waals surface area contributed by atoms with Crippen LogP contribution in [0.15, 0.2) is 18.2 Å². The highest BCUT2D eigenvalue weighted by Gasteiger charge is 2.04. The molecule has 0 fully saturated rings. The third-order valence-corrected chi connectivity index (χ3v) is 3.98. The largest absolute Gasteiger partial charge is 0.388 e. The molecule has 0 saturated heterocycles. The van der Waals surface area contributed by atoms with Gasteiger partial charge in [0.1, 0.15) is 10.7 Å². The van der Waals surface area contributed by atoms with Crippen molar-refractivity contribution in [2.45, 2.75) is 25.4 Å². The van der Waals surface area contributed by atoms with E-state index in [1.807, 2.05) is 11.8 Å². The number of thioether (sulfide) groups is 1. The first-order chi connectivity index (χ1) is 8.15. The van der Waals surface area contributed by atoms with Crippen LogP contribution in [-0.4, -0.2) is 9.59 Å². The van der Waals surface area contributed by atoms with Crippen molar-refractivity contribution in [3.63, 3.8) is 0 Å². The zero-order chi connectivity index (χ0) is 12.3. The fourth-order valence-electron chi connectivity index (χ4n) is 1.73. The number of nitrogen functional groups attached to an aromatic ring is 1. The van der Waals surface area contributed by atoms with Crippen molar-refractivity contribution in [3.05, 3.63) is 40.6 Å². The molecule has 0 radical (unpaired) electrons. The van der Waals surface area contributed by atoms with E-state index in [-0.39, 0.29) is 0 Å². The molecule has 0 unspecified atom stereocenters. The summed E-state index contributed by atoms with van der Waals surface area (Å²) in [6, 6.07) is 6.64. The molecule has 0 aliphatic carbocycles. The second-order valence-corrected chi connectivity index (χ2v) is 5.84. The van der Waals surface area contributed by atoms with Gasteiger partial charge in [0.25, 0.3) is 0 Å². The number of hydrogen-bond donors (Lipinski definition) is 1. The Balaban J connectivity index is 1.92. The van der Waals surface area contributed by atoms with Crippen molar-refractivity contribution in [1.82, 2.24) is 9.59 Å². The molecule has 17 heavy (non-hydrogen) atoms. The molecule has 5 heteroatoms. The minimum atomic E-state index is 0.734. The predicted molar refractivity (Wildman–Crippen MR) is 75.2 cm³/mol. The van der Waals surface area contributed by atoms with E-state index in [9.17, 15) is 0 Å². The van der Waals surface area contributed by atoms with Crippen molar-refractivity contribution >= 4 is 28.3 Å². The van der Waals surface area contributed by atoms with Crippen LogP contribution in [0.4, 0.5) is 5.00 Å². The summed E-state index contributed by atoms with van der Waals surface area (Å²) in [5.74, 6) is 1.81. The lowest BCUT2D eigenvalue weighted by Crippen LogP contribution is -1.90. The lowest BCUT2D eigenvalue weighted by molar-refractivity contribution is 1.08. The SMILES string of the molecule is Cc1cc(C)cc(CSCc2nnsc2N)c1. The van der Waals surface area contributed by atoms with Crippen LogP contribution in [0.3, 0.4) is 0 Å². The summed E-state index contributed by atoms with van der Waals surface area (Å²) in [5.41, 5.74) is 10.6. The number of aryl methyl sites for hydroxylation is 2. The number of hydrogen-bond acceptors (Lipinski definition) is 5. The minimum absolute atomic E-state index is 0.734. The Morgan fingerprint density at radius 2 is 1.88 bits per heavy atom. The molecule has 2 N–H and O–H groups in total. The van der Waals surface area contributed by atoms with Gasteiger partial charge in [-0.25, -0.2) is 0 Å². The Morgan fingerprint density at radius 1 is 1.18 bits per heavy atom. The molecule has 0 atom stereocenters. The van der Waals surface area contributed by atoms with E-state index in [1.54, 1.807) is 0 Å². The van der Waals surface area contributed by atoms with Gasteiger partial charge in [-0.15, -0.1) is 5.10 Å². The molecule has 2 aromatic rings. The number of benzene rings is 1. The second-order valence-electron chi connectivity index (χ2n) is 4.07. The Hall–Kier alpha value is -1.07. The summed E-state index contributed by atoms with van der Waals surface area (Å²) in [4.78, 5) is 0. The fraction of sp³-hybridized carbons (Fsp3) is 0.333. The molecular weight excluding hydrogens is 250 g/mol. The Kier molecular flexibility index (Phi) is 4.02. The topological polar surface area (TPSA) is 51.8 Å². The standard InChI is InChI=1S/C12H15N3S2/c1-8-3-9(2)5-10(4-8)6-16-7-11-12(13)17-15-14-11/h3-5H,6-7,13H2,1-2H3. The number of anilines is 1.